The van der Waals surface area contributed by atoms with Gasteiger partial charge >= 0.3 is 0 Å². The minimum atomic E-state index is -0.0416. The summed E-state index contributed by atoms with van der Waals surface area (Å²) in [6.07, 6.45) is 7.50. The molecule has 0 bridgehead atoms. The number of likely N-dealkylation sites (N-methyl/N-ethyl adjacent to an activating group) is 1. The highest BCUT2D eigenvalue weighted by Gasteiger charge is 2.31. The first-order valence-corrected chi connectivity index (χ1v) is 11.4. The fraction of sp³-hybridized carbons (Fsp3) is 0.400. The van der Waals surface area contributed by atoms with Crippen LogP contribution in [0.15, 0.2) is 59.7 Å². The van der Waals surface area contributed by atoms with Crippen LogP contribution in [0, 0.1) is 5.92 Å². The van der Waals surface area contributed by atoms with Crippen LogP contribution in [-0.4, -0.2) is 60.5 Å². The number of anilines is 2. The molecule has 0 saturated carbocycles. The fourth-order valence-corrected chi connectivity index (χ4v) is 4.72. The molecule has 2 aromatic heterocycles. The molecule has 0 radical (unpaired) electrons. The zero-order chi connectivity index (χ0) is 21.9. The highest BCUT2D eigenvalue weighted by atomic mass is 16.3. The quantitative estimate of drug-likeness (QED) is 0.616. The van der Waals surface area contributed by atoms with Gasteiger partial charge in [-0.3, -0.25) is 9.78 Å². The molecule has 4 heterocycles. The standard InChI is InChI=1S/C25H29N5O2/c1-28-12-14-29(15-13-28)24-5-2-10-26-22(24)16-20-4-3-11-30(25(20)31)21-8-6-19(7-9-21)23-17-32-18-27-23/h2,5-10,17-18,20H,3-4,11-16H2,1H3. The number of amides is 1. The molecule has 2 fully saturated rings. The van der Waals surface area contributed by atoms with Crippen molar-refractivity contribution in [2.75, 3.05) is 49.6 Å². The fourth-order valence-electron chi connectivity index (χ4n) is 4.72. The number of hydrogen-bond acceptors (Lipinski definition) is 6. The Morgan fingerprint density at radius 1 is 1.03 bits per heavy atom. The molecule has 166 valence electrons. The zero-order valence-electron chi connectivity index (χ0n) is 18.5. The number of oxazole rings is 1. The van der Waals surface area contributed by atoms with Crippen molar-refractivity contribution >= 4 is 17.3 Å². The number of rotatable bonds is 5. The summed E-state index contributed by atoms with van der Waals surface area (Å²) >= 11 is 0. The van der Waals surface area contributed by atoms with Gasteiger partial charge in [0.25, 0.3) is 0 Å². The second-order valence-electron chi connectivity index (χ2n) is 8.71. The molecule has 1 unspecified atom stereocenters. The Bertz CT molecular complexity index is 1040. The van der Waals surface area contributed by atoms with E-state index in [0.29, 0.717) is 6.42 Å². The third-order valence-corrected chi connectivity index (χ3v) is 6.61. The first-order chi connectivity index (χ1) is 15.7. The first-order valence-electron chi connectivity index (χ1n) is 11.4. The summed E-state index contributed by atoms with van der Waals surface area (Å²) in [4.78, 5) is 29.0. The average molecular weight is 432 g/mol. The molecular weight excluding hydrogens is 402 g/mol. The lowest BCUT2D eigenvalue weighted by molar-refractivity contribution is -0.123. The maximum atomic E-state index is 13.4. The van der Waals surface area contributed by atoms with Gasteiger partial charge < -0.3 is 19.1 Å². The van der Waals surface area contributed by atoms with Crippen LogP contribution < -0.4 is 9.80 Å². The predicted octanol–water partition coefficient (Wildman–Crippen LogP) is 3.47. The first kappa shape index (κ1) is 20.7. The Kier molecular flexibility index (Phi) is 5.90. The molecule has 2 aliphatic rings. The van der Waals surface area contributed by atoms with Crippen LogP contribution in [0.5, 0.6) is 0 Å². The molecule has 1 atom stereocenters. The van der Waals surface area contributed by atoms with E-state index in [9.17, 15) is 4.79 Å². The number of carbonyl (C=O) groups is 1. The molecule has 3 aromatic rings. The summed E-state index contributed by atoms with van der Waals surface area (Å²) in [5.74, 6) is 0.153. The molecule has 5 rings (SSSR count). The minimum absolute atomic E-state index is 0.0416. The monoisotopic (exact) mass is 431 g/mol. The summed E-state index contributed by atoms with van der Waals surface area (Å²) in [5.41, 5.74) is 4.94. The summed E-state index contributed by atoms with van der Waals surface area (Å²) in [7, 11) is 2.16. The van der Waals surface area contributed by atoms with E-state index in [4.69, 9.17) is 9.40 Å². The van der Waals surface area contributed by atoms with Gasteiger partial charge in [0.2, 0.25) is 5.91 Å². The van der Waals surface area contributed by atoms with Crippen LogP contribution in [0.4, 0.5) is 11.4 Å². The molecule has 0 spiro atoms. The van der Waals surface area contributed by atoms with Crippen molar-refractivity contribution in [1.82, 2.24) is 14.9 Å². The molecule has 7 nitrogen and oxygen atoms in total. The smallest absolute Gasteiger partial charge is 0.230 e. The molecule has 1 aromatic carbocycles. The average Bonchev–Trinajstić information content (AvgIpc) is 3.37. The van der Waals surface area contributed by atoms with Crippen molar-refractivity contribution < 1.29 is 9.21 Å². The molecule has 0 N–H and O–H groups in total. The Morgan fingerprint density at radius 3 is 2.59 bits per heavy atom. The van der Waals surface area contributed by atoms with E-state index in [0.717, 1.165) is 68.2 Å². The van der Waals surface area contributed by atoms with Crippen molar-refractivity contribution in [1.29, 1.82) is 0 Å². The largest absolute Gasteiger partial charge is 0.451 e. The Morgan fingerprint density at radius 2 is 1.84 bits per heavy atom. The summed E-state index contributed by atoms with van der Waals surface area (Å²) < 4.78 is 5.07. The van der Waals surface area contributed by atoms with Gasteiger partial charge in [-0.25, -0.2) is 4.98 Å². The lowest BCUT2D eigenvalue weighted by Crippen LogP contribution is -2.45. The van der Waals surface area contributed by atoms with E-state index >= 15 is 0 Å². The molecule has 1 amide bonds. The normalized spacial score (nSPS) is 20.0. The van der Waals surface area contributed by atoms with Gasteiger partial charge in [-0.05, 0) is 44.2 Å². The van der Waals surface area contributed by atoms with Gasteiger partial charge in [0, 0.05) is 62.5 Å². The summed E-state index contributed by atoms with van der Waals surface area (Å²) in [6.45, 7) is 4.85. The Hall–Kier alpha value is -3.19. The maximum absolute atomic E-state index is 13.4. The predicted molar refractivity (Wildman–Crippen MR) is 125 cm³/mol. The number of aromatic nitrogens is 2. The molecular formula is C25H29N5O2. The number of carbonyl (C=O) groups excluding carboxylic acids is 1. The maximum Gasteiger partial charge on any atom is 0.230 e. The number of hydrogen-bond donors (Lipinski definition) is 0. The number of piperidine rings is 1. The Labute approximate surface area is 188 Å². The van der Waals surface area contributed by atoms with Crippen LogP contribution in [0.1, 0.15) is 18.5 Å². The van der Waals surface area contributed by atoms with Crippen molar-refractivity contribution in [3.05, 3.63) is 60.9 Å². The number of pyridine rings is 1. The highest BCUT2D eigenvalue weighted by molar-refractivity contribution is 5.96. The van der Waals surface area contributed by atoms with Crippen molar-refractivity contribution in [2.45, 2.75) is 19.3 Å². The topological polar surface area (TPSA) is 65.7 Å². The molecule has 0 aliphatic carbocycles. The molecule has 32 heavy (non-hydrogen) atoms. The van der Waals surface area contributed by atoms with Crippen molar-refractivity contribution in [3.63, 3.8) is 0 Å². The van der Waals surface area contributed by atoms with E-state index in [-0.39, 0.29) is 11.8 Å². The van der Waals surface area contributed by atoms with Crippen molar-refractivity contribution in [2.24, 2.45) is 5.92 Å². The minimum Gasteiger partial charge on any atom is -0.451 e. The second-order valence-corrected chi connectivity index (χ2v) is 8.71. The molecule has 2 aliphatic heterocycles. The van der Waals surface area contributed by atoms with E-state index in [1.807, 2.05) is 41.4 Å². The van der Waals surface area contributed by atoms with Crippen LogP contribution in [0.2, 0.25) is 0 Å². The molecule has 2 saturated heterocycles. The third kappa shape index (κ3) is 4.25. The SMILES string of the molecule is CN1CCN(c2cccnc2CC2CCCN(c3ccc(-c4cocn4)cc3)C2=O)CC1. The summed E-state index contributed by atoms with van der Waals surface area (Å²) in [6, 6.07) is 12.1. The van der Waals surface area contributed by atoms with Crippen molar-refractivity contribution in [3.8, 4) is 11.3 Å². The van der Waals surface area contributed by atoms with E-state index in [2.05, 4.69) is 27.9 Å². The Balaban J connectivity index is 1.31. The van der Waals surface area contributed by atoms with Gasteiger partial charge in [0.15, 0.2) is 6.39 Å². The van der Waals surface area contributed by atoms with Gasteiger partial charge in [0.05, 0.1) is 11.4 Å². The van der Waals surface area contributed by atoms with Gasteiger partial charge in [0.1, 0.15) is 12.0 Å². The van der Waals surface area contributed by atoms with Crippen LogP contribution in [0.25, 0.3) is 11.3 Å². The van der Waals surface area contributed by atoms with Gasteiger partial charge in [-0.15, -0.1) is 0 Å². The van der Waals surface area contributed by atoms with E-state index in [1.165, 1.54) is 12.1 Å². The third-order valence-electron chi connectivity index (χ3n) is 6.61. The van der Waals surface area contributed by atoms with Crippen LogP contribution in [-0.2, 0) is 11.2 Å². The van der Waals surface area contributed by atoms with E-state index in [1.54, 1.807) is 6.26 Å². The van der Waals surface area contributed by atoms with E-state index < -0.39 is 0 Å². The number of benzene rings is 1. The number of nitrogens with zero attached hydrogens (tertiary/aromatic N) is 5. The van der Waals surface area contributed by atoms with Crippen LogP contribution >= 0.6 is 0 Å². The lowest BCUT2D eigenvalue weighted by atomic mass is 9.91. The molecule has 7 heteroatoms. The zero-order valence-corrected chi connectivity index (χ0v) is 18.5. The van der Waals surface area contributed by atoms with Crippen LogP contribution in [0.3, 0.4) is 0 Å². The van der Waals surface area contributed by atoms with Gasteiger partial charge in [-0.1, -0.05) is 12.1 Å². The second kappa shape index (κ2) is 9.12. The highest BCUT2D eigenvalue weighted by Crippen LogP contribution is 2.30. The summed E-state index contributed by atoms with van der Waals surface area (Å²) in [5, 5.41) is 0. The number of piperazine rings is 1. The van der Waals surface area contributed by atoms with Gasteiger partial charge in [-0.2, -0.15) is 0 Å². The lowest BCUT2D eigenvalue weighted by Gasteiger charge is -2.36.